The summed E-state index contributed by atoms with van der Waals surface area (Å²) in [4.78, 5) is 1.53. The van der Waals surface area contributed by atoms with Crippen LogP contribution in [-0.2, 0) is 0 Å². The van der Waals surface area contributed by atoms with Crippen LogP contribution in [0.3, 0.4) is 0 Å². The van der Waals surface area contributed by atoms with Crippen molar-refractivity contribution in [3.63, 3.8) is 0 Å². The number of fused-ring (bicyclic) bond motifs is 1. The molecule has 122 valence electrons. The van der Waals surface area contributed by atoms with Crippen molar-refractivity contribution in [2.24, 2.45) is 5.10 Å². The molecule has 1 aromatic heterocycles. The molecule has 8 heteroatoms. The van der Waals surface area contributed by atoms with Gasteiger partial charge in [0.25, 0.3) is 0 Å². The minimum atomic E-state index is -0.252. The number of ether oxygens (including phenoxy) is 1. The highest BCUT2D eigenvalue weighted by atomic mass is 16.5. The summed E-state index contributed by atoms with van der Waals surface area (Å²) in [6.07, 6.45) is 0. The first kappa shape index (κ1) is 16.0. The highest BCUT2D eigenvalue weighted by molar-refractivity contribution is 6.10. The van der Waals surface area contributed by atoms with Crippen molar-refractivity contribution in [2.45, 2.75) is 6.92 Å². The first-order valence-electron chi connectivity index (χ1n) is 7.47. The molecule has 0 radical (unpaired) electrons. The van der Waals surface area contributed by atoms with E-state index in [4.69, 9.17) is 15.3 Å². The van der Waals surface area contributed by atoms with Crippen LogP contribution >= 0.6 is 0 Å². The van der Waals surface area contributed by atoms with E-state index in [0.717, 1.165) is 11.4 Å². The monoisotopic (exact) mass is 331 g/mol. The molecule has 0 spiro atoms. The minimum Gasteiger partial charge on any atom is -0.494 e. The second-order valence-corrected chi connectivity index (χ2v) is 4.92. The van der Waals surface area contributed by atoms with Gasteiger partial charge in [-0.2, -0.15) is 20.4 Å². The number of nitrogens with zero attached hydrogens (tertiary/aromatic N) is 6. The Morgan fingerprint density at radius 2 is 1.84 bits per heavy atom. The van der Waals surface area contributed by atoms with Gasteiger partial charge in [0, 0.05) is 0 Å². The van der Waals surface area contributed by atoms with E-state index in [1.165, 1.54) is 4.80 Å². The lowest BCUT2D eigenvalue weighted by Crippen LogP contribution is -1.98. The molecule has 0 unspecified atom stereocenters. The number of aromatic nitrogens is 3. The molecule has 0 fully saturated rings. The lowest BCUT2D eigenvalue weighted by molar-refractivity contribution is 0.340. The number of anilines is 1. The molecule has 0 aliphatic rings. The molecule has 0 aliphatic heterocycles. The van der Waals surface area contributed by atoms with Crippen molar-refractivity contribution in [3.8, 4) is 23.6 Å². The van der Waals surface area contributed by atoms with Crippen LogP contribution in [0.15, 0.2) is 47.6 Å². The molecule has 8 nitrogen and oxygen atoms in total. The van der Waals surface area contributed by atoms with E-state index in [0.29, 0.717) is 23.3 Å². The fraction of sp³-hybridized carbons (Fsp3) is 0.118. The fourth-order valence-electron chi connectivity index (χ4n) is 2.14. The molecule has 1 heterocycles. The zero-order valence-electron chi connectivity index (χ0n) is 13.3. The average Bonchev–Trinajstić information content (AvgIpc) is 3.07. The summed E-state index contributed by atoms with van der Waals surface area (Å²) in [6.45, 7) is 2.54. The van der Waals surface area contributed by atoms with Gasteiger partial charge in [-0.25, -0.2) is 0 Å². The van der Waals surface area contributed by atoms with Crippen molar-refractivity contribution in [1.29, 1.82) is 10.5 Å². The van der Waals surface area contributed by atoms with Crippen molar-refractivity contribution in [3.05, 3.63) is 42.5 Å². The maximum atomic E-state index is 8.68. The molecule has 3 rings (SSSR count). The maximum Gasteiger partial charge on any atom is 0.237 e. The van der Waals surface area contributed by atoms with Crippen molar-refractivity contribution in [1.82, 2.24) is 15.0 Å². The van der Waals surface area contributed by atoms with Crippen LogP contribution in [0.25, 0.3) is 16.7 Å². The molecule has 0 aliphatic carbocycles. The largest absolute Gasteiger partial charge is 0.494 e. The van der Waals surface area contributed by atoms with Crippen molar-refractivity contribution in [2.75, 3.05) is 12.0 Å². The van der Waals surface area contributed by atoms with E-state index in [1.54, 1.807) is 30.3 Å². The Hall–Kier alpha value is -3.91. The first-order valence-corrected chi connectivity index (χ1v) is 7.47. The normalized spacial score (nSPS) is 9.88. The zero-order chi connectivity index (χ0) is 17.6. The van der Waals surface area contributed by atoms with Crippen LogP contribution in [0, 0.1) is 22.7 Å². The summed E-state index contributed by atoms with van der Waals surface area (Å²) in [5.41, 5.74) is 5.19. The lowest BCUT2D eigenvalue weighted by atomic mass is 10.3. The highest BCUT2D eigenvalue weighted by Crippen LogP contribution is 2.19. The number of hydrazone groups is 1. The quantitative estimate of drug-likeness (QED) is 0.568. The summed E-state index contributed by atoms with van der Waals surface area (Å²) < 4.78 is 5.42. The Morgan fingerprint density at radius 3 is 2.52 bits per heavy atom. The van der Waals surface area contributed by atoms with E-state index < -0.39 is 0 Å². The van der Waals surface area contributed by atoms with Gasteiger partial charge in [0.1, 0.15) is 28.9 Å². The number of rotatable bonds is 5. The number of nitrogens with one attached hydrogen (secondary N) is 1. The smallest absolute Gasteiger partial charge is 0.237 e. The molecular formula is C17H13N7O. The minimum absolute atomic E-state index is 0.252. The predicted octanol–water partition coefficient (Wildman–Crippen LogP) is 2.63. The Balaban J connectivity index is 1.86. The van der Waals surface area contributed by atoms with Crippen LogP contribution in [0.1, 0.15) is 6.92 Å². The number of hydrogen-bond donors (Lipinski definition) is 1. The Bertz CT molecular complexity index is 990. The molecule has 0 saturated carbocycles. The van der Waals surface area contributed by atoms with Crippen LogP contribution in [0.2, 0.25) is 0 Å². The standard InChI is InChI=1S/C17H13N7O/c1-2-25-15-6-4-14(5-7-15)24-22-16-8-3-12(9-17(16)23-24)20-21-13(10-18)11-19/h3-9,20H,2H2,1H3. The number of nitriles is 2. The SMILES string of the molecule is CCOc1ccc(-n2nc3ccc(NN=C(C#N)C#N)cc3n2)cc1. The van der Waals surface area contributed by atoms with Crippen molar-refractivity contribution < 1.29 is 4.74 Å². The van der Waals surface area contributed by atoms with E-state index in [2.05, 4.69) is 20.7 Å². The van der Waals surface area contributed by atoms with Gasteiger partial charge in [0.2, 0.25) is 5.71 Å². The maximum absolute atomic E-state index is 8.68. The molecule has 0 atom stereocenters. The molecule has 3 aromatic rings. The third kappa shape index (κ3) is 3.54. The van der Waals surface area contributed by atoms with Gasteiger partial charge in [0.05, 0.1) is 18.0 Å². The third-order valence-electron chi connectivity index (χ3n) is 3.27. The third-order valence-corrected chi connectivity index (χ3v) is 3.27. The molecule has 1 N–H and O–H groups in total. The molecule has 2 aromatic carbocycles. The van der Waals surface area contributed by atoms with Gasteiger partial charge < -0.3 is 4.74 Å². The number of benzene rings is 2. The Labute approximate surface area is 143 Å². The van der Waals surface area contributed by atoms with Crippen LogP contribution in [-0.4, -0.2) is 27.3 Å². The molecule has 25 heavy (non-hydrogen) atoms. The van der Waals surface area contributed by atoms with Gasteiger partial charge in [-0.15, -0.1) is 10.2 Å². The lowest BCUT2D eigenvalue weighted by Gasteiger charge is -2.03. The topological polar surface area (TPSA) is 112 Å². The van der Waals surface area contributed by atoms with Gasteiger partial charge >= 0.3 is 0 Å². The number of hydrogen-bond acceptors (Lipinski definition) is 7. The predicted molar refractivity (Wildman–Crippen MR) is 92.3 cm³/mol. The van der Waals surface area contributed by atoms with Gasteiger partial charge in [-0.3, -0.25) is 5.43 Å². The summed E-state index contributed by atoms with van der Waals surface area (Å²) in [7, 11) is 0. The molecular weight excluding hydrogens is 318 g/mol. The molecule has 0 saturated heterocycles. The van der Waals surface area contributed by atoms with Gasteiger partial charge in [0.15, 0.2) is 0 Å². The van der Waals surface area contributed by atoms with E-state index >= 15 is 0 Å². The Morgan fingerprint density at radius 1 is 1.12 bits per heavy atom. The summed E-state index contributed by atoms with van der Waals surface area (Å²) in [5.74, 6) is 0.790. The van der Waals surface area contributed by atoms with Crippen molar-refractivity contribution >= 4 is 22.4 Å². The second kappa shape index (κ2) is 7.11. The fourth-order valence-corrected chi connectivity index (χ4v) is 2.14. The highest BCUT2D eigenvalue weighted by Gasteiger charge is 2.06. The summed E-state index contributed by atoms with van der Waals surface area (Å²) >= 11 is 0. The van der Waals surface area contributed by atoms with Crippen LogP contribution in [0.5, 0.6) is 5.75 Å². The van der Waals surface area contributed by atoms with Crippen LogP contribution < -0.4 is 10.2 Å². The summed E-state index contributed by atoms with van der Waals surface area (Å²) in [5, 5.41) is 29.9. The molecule has 0 bridgehead atoms. The Kier molecular flexibility index (Phi) is 4.54. The van der Waals surface area contributed by atoms with E-state index in [1.807, 2.05) is 31.2 Å². The average molecular weight is 331 g/mol. The van der Waals surface area contributed by atoms with Gasteiger partial charge in [-0.05, 0) is 49.4 Å². The van der Waals surface area contributed by atoms with Crippen LogP contribution in [0.4, 0.5) is 5.69 Å². The molecule has 0 amide bonds. The zero-order valence-corrected chi connectivity index (χ0v) is 13.3. The first-order chi connectivity index (χ1) is 12.2. The summed E-state index contributed by atoms with van der Waals surface area (Å²) in [6, 6.07) is 16.1. The van der Waals surface area contributed by atoms with E-state index in [-0.39, 0.29) is 5.71 Å². The van der Waals surface area contributed by atoms with Gasteiger partial charge in [-0.1, -0.05) is 0 Å². The second-order valence-electron chi connectivity index (χ2n) is 4.92. The van der Waals surface area contributed by atoms with E-state index in [9.17, 15) is 0 Å².